The van der Waals surface area contributed by atoms with Crippen LogP contribution in [-0.2, 0) is 0 Å². The first-order chi connectivity index (χ1) is 9.94. The van der Waals surface area contributed by atoms with Crippen molar-refractivity contribution in [2.45, 2.75) is 33.7 Å². The van der Waals surface area contributed by atoms with Crippen LogP contribution in [0, 0.1) is 13.8 Å². The van der Waals surface area contributed by atoms with Crippen molar-refractivity contribution in [3.63, 3.8) is 0 Å². The van der Waals surface area contributed by atoms with Gasteiger partial charge < -0.3 is 10.6 Å². The molecule has 0 unspecified atom stereocenters. The molecule has 110 valence electrons. The summed E-state index contributed by atoms with van der Waals surface area (Å²) in [6.45, 7) is 7.98. The molecule has 0 aliphatic rings. The summed E-state index contributed by atoms with van der Waals surface area (Å²) in [6.07, 6.45) is 1.58. The first-order valence-electron chi connectivity index (χ1n) is 6.93. The Bertz CT molecular complexity index is 632. The van der Waals surface area contributed by atoms with Gasteiger partial charge in [0.05, 0.1) is 0 Å². The first-order valence-corrected chi connectivity index (χ1v) is 6.93. The molecule has 0 fully saturated rings. The molecule has 0 aliphatic carbocycles. The second-order valence-electron chi connectivity index (χ2n) is 5.40. The predicted octanol–water partition coefficient (Wildman–Crippen LogP) is 3.17. The fourth-order valence-corrected chi connectivity index (χ4v) is 2.05. The van der Waals surface area contributed by atoms with E-state index in [0.717, 1.165) is 16.8 Å². The molecule has 5 nitrogen and oxygen atoms in total. The van der Waals surface area contributed by atoms with E-state index < -0.39 is 0 Å². The van der Waals surface area contributed by atoms with Crippen molar-refractivity contribution in [1.29, 1.82) is 0 Å². The summed E-state index contributed by atoms with van der Waals surface area (Å²) in [5.41, 5.74) is 3.33. The number of nitrogens with zero attached hydrogens (tertiary/aromatic N) is 2. The van der Waals surface area contributed by atoms with Crippen molar-refractivity contribution in [2.75, 3.05) is 10.6 Å². The van der Waals surface area contributed by atoms with E-state index in [0.29, 0.717) is 11.6 Å². The molecule has 0 radical (unpaired) electrons. The van der Waals surface area contributed by atoms with Gasteiger partial charge in [0.15, 0.2) is 0 Å². The Hall–Kier alpha value is -2.43. The van der Waals surface area contributed by atoms with Gasteiger partial charge in [-0.2, -0.15) is 0 Å². The summed E-state index contributed by atoms with van der Waals surface area (Å²) < 4.78 is 0. The van der Waals surface area contributed by atoms with Gasteiger partial charge >= 0.3 is 0 Å². The lowest BCUT2D eigenvalue weighted by Gasteiger charge is -2.10. The molecule has 0 saturated heterocycles. The van der Waals surface area contributed by atoms with Gasteiger partial charge in [-0.05, 0) is 57.0 Å². The van der Waals surface area contributed by atoms with Crippen LogP contribution >= 0.6 is 0 Å². The van der Waals surface area contributed by atoms with Crippen LogP contribution in [-0.4, -0.2) is 21.9 Å². The summed E-state index contributed by atoms with van der Waals surface area (Å²) in [5.74, 6) is 0.215. The van der Waals surface area contributed by atoms with E-state index in [1.165, 1.54) is 0 Å². The molecule has 2 N–H and O–H groups in total. The highest BCUT2D eigenvalue weighted by atomic mass is 16.1. The second-order valence-corrected chi connectivity index (χ2v) is 5.40. The average molecular weight is 284 g/mol. The molecule has 0 aliphatic heterocycles. The topological polar surface area (TPSA) is 66.9 Å². The highest BCUT2D eigenvalue weighted by Gasteiger charge is 2.10. The van der Waals surface area contributed by atoms with Gasteiger partial charge in [0.1, 0.15) is 5.69 Å². The highest BCUT2D eigenvalue weighted by molar-refractivity contribution is 6.03. The summed E-state index contributed by atoms with van der Waals surface area (Å²) in [6, 6.07) is 7.73. The molecule has 0 atom stereocenters. The molecule has 5 heteroatoms. The summed E-state index contributed by atoms with van der Waals surface area (Å²) in [7, 11) is 0. The Morgan fingerprint density at radius 2 is 1.81 bits per heavy atom. The third-order valence-electron chi connectivity index (χ3n) is 2.79. The zero-order valence-corrected chi connectivity index (χ0v) is 12.8. The van der Waals surface area contributed by atoms with Crippen molar-refractivity contribution in [1.82, 2.24) is 9.97 Å². The summed E-state index contributed by atoms with van der Waals surface area (Å²) in [5, 5.41) is 5.94. The second kappa shape index (κ2) is 6.35. The number of nitrogens with one attached hydrogen (secondary N) is 2. The molecule has 1 amide bonds. The van der Waals surface area contributed by atoms with Gasteiger partial charge in [-0.3, -0.25) is 4.79 Å². The molecule has 1 heterocycles. The number of carbonyl (C=O) groups excluding carboxylic acids is 1. The van der Waals surface area contributed by atoms with Crippen molar-refractivity contribution in [3.8, 4) is 0 Å². The zero-order chi connectivity index (χ0) is 15.4. The Balaban J connectivity index is 2.16. The van der Waals surface area contributed by atoms with Crippen LogP contribution in [0.5, 0.6) is 0 Å². The number of aryl methyl sites for hydroxylation is 2. The maximum atomic E-state index is 12.2. The van der Waals surface area contributed by atoms with E-state index in [1.807, 2.05) is 39.8 Å². The molecular formula is C16H20N4O. The van der Waals surface area contributed by atoms with Gasteiger partial charge in [0.2, 0.25) is 5.95 Å². The predicted molar refractivity (Wildman–Crippen MR) is 84.7 cm³/mol. The minimum Gasteiger partial charge on any atom is -0.352 e. The number of hydrogen-bond acceptors (Lipinski definition) is 4. The Morgan fingerprint density at radius 3 is 2.43 bits per heavy atom. The molecule has 21 heavy (non-hydrogen) atoms. The van der Waals surface area contributed by atoms with E-state index in [1.54, 1.807) is 12.3 Å². The molecule has 2 aromatic rings. The van der Waals surface area contributed by atoms with E-state index in [9.17, 15) is 4.79 Å². The average Bonchev–Trinajstić information content (AvgIpc) is 2.36. The van der Waals surface area contributed by atoms with Gasteiger partial charge in [-0.15, -0.1) is 0 Å². The normalized spacial score (nSPS) is 10.5. The lowest BCUT2D eigenvalue weighted by Crippen LogP contribution is -2.17. The van der Waals surface area contributed by atoms with Gasteiger partial charge in [0, 0.05) is 17.9 Å². The third-order valence-corrected chi connectivity index (χ3v) is 2.79. The first kappa shape index (κ1) is 15.0. The molecule has 0 saturated carbocycles. The minimum atomic E-state index is -0.241. The van der Waals surface area contributed by atoms with E-state index in [2.05, 4.69) is 26.7 Å². The van der Waals surface area contributed by atoms with Crippen molar-refractivity contribution < 1.29 is 4.79 Å². The number of anilines is 2. The van der Waals surface area contributed by atoms with Crippen LogP contribution in [0.15, 0.2) is 30.5 Å². The summed E-state index contributed by atoms with van der Waals surface area (Å²) in [4.78, 5) is 20.6. The molecule has 1 aromatic heterocycles. The fraction of sp³-hybridized carbons (Fsp3) is 0.312. The lowest BCUT2D eigenvalue weighted by molar-refractivity contribution is 0.102. The maximum Gasteiger partial charge on any atom is 0.274 e. The van der Waals surface area contributed by atoms with E-state index in [4.69, 9.17) is 0 Å². The molecular weight excluding hydrogens is 264 g/mol. The van der Waals surface area contributed by atoms with Crippen LogP contribution in [0.4, 0.5) is 11.6 Å². The van der Waals surface area contributed by atoms with Crippen LogP contribution in [0.1, 0.15) is 35.5 Å². The van der Waals surface area contributed by atoms with Gasteiger partial charge in [-0.25, -0.2) is 9.97 Å². The summed E-state index contributed by atoms with van der Waals surface area (Å²) >= 11 is 0. The van der Waals surface area contributed by atoms with E-state index in [-0.39, 0.29) is 11.9 Å². The Labute approximate surface area is 124 Å². The lowest BCUT2D eigenvalue weighted by atomic mass is 10.1. The Kier molecular flexibility index (Phi) is 4.52. The SMILES string of the molecule is Cc1cc(C)cc(NC(=O)c2ccnc(NC(C)C)n2)c1. The minimum absolute atomic E-state index is 0.211. The van der Waals surface area contributed by atoms with Crippen molar-refractivity contribution in [3.05, 3.63) is 47.3 Å². The van der Waals surface area contributed by atoms with Crippen LogP contribution in [0.2, 0.25) is 0 Å². The quantitative estimate of drug-likeness (QED) is 0.905. The Morgan fingerprint density at radius 1 is 1.14 bits per heavy atom. The fourth-order valence-electron chi connectivity index (χ4n) is 2.05. The van der Waals surface area contributed by atoms with E-state index >= 15 is 0 Å². The van der Waals surface area contributed by atoms with Crippen LogP contribution in [0.3, 0.4) is 0 Å². The smallest absolute Gasteiger partial charge is 0.274 e. The molecule has 1 aromatic carbocycles. The standard InChI is InChI=1S/C16H20N4O/c1-10(2)18-16-17-6-5-14(20-16)15(21)19-13-8-11(3)7-12(4)9-13/h5-10H,1-4H3,(H,19,21)(H,17,18,20). The van der Waals surface area contributed by atoms with Gasteiger partial charge in [0.25, 0.3) is 5.91 Å². The molecule has 2 rings (SSSR count). The number of amides is 1. The number of benzene rings is 1. The largest absolute Gasteiger partial charge is 0.352 e. The molecule has 0 bridgehead atoms. The highest BCUT2D eigenvalue weighted by Crippen LogP contribution is 2.14. The van der Waals surface area contributed by atoms with Gasteiger partial charge in [-0.1, -0.05) is 6.07 Å². The van der Waals surface area contributed by atoms with Crippen molar-refractivity contribution >= 4 is 17.5 Å². The maximum absolute atomic E-state index is 12.2. The number of carbonyl (C=O) groups is 1. The van der Waals surface area contributed by atoms with Crippen LogP contribution < -0.4 is 10.6 Å². The third kappa shape index (κ3) is 4.27. The van der Waals surface area contributed by atoms with Crippen molar-refractivity contribution in [2.24, 2.45) is 0 Å². The number of aromatic nitrogens is 2. The number of hydrogen-bond donors (Lipinski definition) is 2. The number of rotatable bonds is 4. The zero-order valence-electron chi connectivity index (χ0n) is 12.8. The monoisotopic (exact) mass is 284 g/mol. The van der Waals surface area contributed by atoms with Crippen LogP contribution in [0.25, 0.3) is 0 Å². The molecule has 0 spiro atoms.